The van der Waals surface area contributed by atoms with Crippen LogP contribution in [0, 0.1) is 5.92 Å². The van der Waals surface area contributed by atoms with Crippen molar-refractivity contribution in [1.29, 1.82) is 0 Å². The van der Waals surface area contributed by atoms with Crippen molar-refractivity contribution in [2.24, 2.45) is 5.92 Å². The van der Waals surface area contributed by atoms with Crippen LogP contribution in [0.1, 0.15) is 23.2 Å². The van der Waals surface area contributed by atoms with Crippen LogP contribution in [0.15, 0.2) is 16.6 Å². The van der Waals surface area contributed by atoms with E-state index < -0.39 is 0 Å². The van der Waals surface area contributed by atoms with Crippen molar-refractivity contribution in [2.45, 2.75) is 12.8 Å². The van der Waals surface area contributed by atoms with E-state index in [9.17, 15) is 9.59 Å². The summed E-state index contributed by atoms with van der Waals surface area (Å²) in [5, 5.41) is 2.71. The Bertz CT molecular complexity index is 523. The number of Topliss-reactive ketones (excluding diaryl/α,β-unsaturated/α-hetero) is 1. The zero-order valence-corrected chi connectivity index (χ0v) is 10.5. The van der Waals surface area contributed by atoms with Gasteiger partial charge in [0.1, 0.15) is 5.75 Å². The predicted octanol–water partition coefficient (Wildman–Crippen LogP) is 2.37. The Kier molecular flexibility index (Phi) is 2.43. The normalized spacial score (nSPS) is 18.1. The second kappa shape index (κ2) is 3.84. The van der Waals surface area contributed by atoms with Crippen LogP contribution in [0.5, 0.6) is 5.75 Å². The van der Waals surface area contributed by atoms with Crippen LogP contribution in [0.25, 0.3) is 0 Å². The fourth-order valence-corrected chi connectivity index (χ4v) is 2.39. The van der Waals surface area contributed by atoms with Crippen molar-refractivity contribution < 1.29 is 14.3 Å². The Labute approximate surface area is 106 Å². The van der Waals surface area contributed by atoms with Crippen LogP contribution in [-0.4, -0.2) is 18.3 Å². The molecule has 3 rings (SSSR count). The minimum absolute atomic E-state index is 0.00565. The van der Waals surface area contributed by atoms with E-state index >= 15 is 0 Å². The Morgan fingerprint density at radius 2 is 2.18 bits per heavy atom. The number of carbonyl (C=O) groups excluding carboxylic acids is 2. The quantitative estimate of drug-likeness (QED) is 0.852. The van der Waals surface area contributed by atoms with Gasteiger partial charge in [-0.2, -0.15) is 0 Å². The molecule has 1 saturated carbocycles. The summed E-state index contributed by atoms with van der Waals surface area (Å²) < 4.78 is 6.00. The van der Waals surface area contributed by atoms with Gasteiger partial charge in [0, 0.05) is 16.0 Å². The van der Waals surface area contributed by atoms with E-state index in [1.165, 1.54) is 0 Å². The molecule has 1 amide bonds. The average molecular weight is 296 g/mol. The van der Waals surface area contributed by atoms with Gasteiger partial charge >= 0.3 is 0 Å². The monoisotopic (exact) mass is 295 g/mol. The fraction of sp³-hybridized carbons (Fsp3) is 0.333. The molecule has 1 aromatic rings. The van der Waals surface area contributed by atoms with Crippen molar-refractivity contribution in [2.75, 3.05) is 11.9 Å². The molecule has 2 aliphatic rings. The van der Waals surface area contributed by atoms with Crippen LogP contribution in [0.4, 0.5) is 5.69 Å². The maximum absolute atomic E-state index is 12.0. The first-order valence-electron chi connectivity index (χ1n) is 5.45. The topological polar surface area (TPSA) is 55.4 Å². The lowest BCUT2D eigenvalue weighted by atomic mass is 10.1. The maximum Gasteiger partial charge on any atom is 0.262 e. The molecular weight excluding hydrogens is 286 g/mol. The second-order valence-electron chi connectivity index (χ2n) is 4.30. The lowest BCUT2D eigenvalue weighted by Crippen LogP contribution is -2.25. The Hall–Kier alpha value is -1.36. The molecule has 0 unspecified atom stereocenters. The number of nitrogens with one attached hydrogen (secondary N) is 1. The molecule has 17 heavy (non-hydrogen) atoms. The molecule has 5 heteroatoms. The maximum atomic E-state index is 12.0. The van der Waals surface area contributed by atoms with E-state index in [4.69, 9.17) is 4.74 Å². The lowest BCUT2D eigenvalue weighted by Gasteiger charge is -2.19. The van der Waals surface area contributed by atoms with Gasteiger partial charge in [0.05, 0.1) is 5.69 Å². The Morgan fingerprint density at radius 3 is 2.88 bits per heavy atom. The zero-order chi connectivity index (χ0) is 12.0. The molecule has 4 nitrogen and oxygen atoms in total. The van der Waals surface area contributed by atoms with Gasteiger partial charge in [-0.25, -0.2) is 0 Å². The van der Waals surface area contributed by atoms with Crippen LogP contribution >= 0.6 is 15.9 Å². The van der Waals surface area contributed by atoms with Gasteiger partial charge in [0.25, 0.3) is 5.91 Å². The smallest absolute Gasteiger partial charge is 0.262 e. The van der Waals surface area contributed by atoms with Gasteiger partial charge in [0.2, 0.25) is 0 Å². The highest BCUT2D eigenvalue weighted by molar-refractivity contribution is 9.10. The van der Waals surface area contributed by atoms with Crippen LogP contribution in [0.2, 0.25) is 0 Å². The fourth-order valence-electron chi connectivity index (χ4n) is 1.85. The first-order chi connectivity index (χ1) is 8.15. The highest BCUT2D eigenvalue weighted by Crippen LogP contribution is 2.39. The number of hydrogen-bond acceptors (Lipinski definition) is 3. The largest absolute Gasteiger partial charge is 0.482 e. The van der Waals surface area contributed by atoms with Gasteiger partial charge in [-0.05, 0) is 40.9 Å². The van der Waals surface area contributed by atoms with Crippen molar-refractivity contribution in [3.05, 3.63) is 22.2 Å². The molecule has 0 bridgehead atoms. The van der Waals surface area contributed by atoms with Gasteiger partial charge in [-0.1, -0.05) is 0 Å². The minimum atomic E-state index is -0.175. The number of ketones is 1. The molecule has 1 heterocycles. The van der Waals surface area contributed by atoms with E-state index in [0.717, 1.165) is 12.8 Å². The number of amides is 1. The number of benzene rings is 1. The third-order valence-corrected chi connectivity index (χ3v) is 3.57. The zero-order valence-electron chi connectivity index (χ0n) is 8.96. The molecule has 88 valence electrons. The molecule has 1 aliphatic carbocycles. The summed E-state index contributed by atoms with van der Waals surface area (Å²) in [5.74, 6) is 0.713. The molecule has 0 radical (unpaired) electrons. The first-order valence-corrected chi connectivity index (χ1v) is 6.25. The highest BCUT2D eigenvalue weighted by Gasteiger charge is 2.32. The molecule has 1 N–H and O–H groups in total. The number of rotatable bonds is 2. The SMILES string of the molecule is O=C1COc2cc(C(=O)C3CC3)c(Br)cc2N1. The van der Waals surface area contributed by atoms with E-state index in [2.05, 4.69) is 21.2 Å². The number of halogens is 1. The summed E-state index contributed by atoms with van der Waals surface area (Å²) in [6.45, 7) is 0.00565. The van der Waals surface area contributed by atoms with Crippen LogP contribution < -0.4 is 10.1 Å². The second-order valence-corrected chi connectivity index (χ2v) is 5.16. The summed E-state index contributed by atoms with van der Waals surface area (Å²) in [5.41, 5.74) is 1.25. The molecule has 0 saturated heterocycles. The molecule has 0 aromatic heterocycles. The third kappa shape index (κ3) is 1.95. The molecule has 1 fully saturated rings. The number of hydrogen-bond donors (Lipinski definition) is 1. The van der Waals surface area contributed by atoms with Crippen LogP contribution in [-0.2, 0) is 4.79 Å². The van der Waals surface area contributed by atoms with E-state index in [-0.39, 0.29) is 24.2 Å². The number of fused-ring (bicyclic) bond motifs is 1. The summed E-state index contributed by atoms with van der Waals surface area (Å²) >= 11 is 3.36. The Morgan fingerprint density at radius 1 is 1.41 bits per heavy atom. The average Bonchev–Trinajstić information content (AvgIpc) is 3.11. The van der Waals surface area contributed by atoms with Gasteiger partial charge in [-0.15, -0.1) is 0 Å². The van der Waals surface area contributed by atoms with E-state index in [1.54, 1.807) is 12.1 Å². The molecule has 1 aliphatic heterocycles. The number of anilines is 1. The summed E-state index contributed by atoms with van der Waals surface area (Å²) in [4.78, 5) is 23.2. The van der Waals surface area contributed by atoms with Gasteiger partial charge in [0.15, 0.2) is 12.4 Å². The molecule has 0 atom stereocenters. The number of carbonyl (C=O) groups is 2. The summed E-state index contributed by atoms with van der Waals surface area (Å²) in [7, 11) is 0. The van der Waals surface area contributed by atoms with E-state index in [1.807, 2.05) is 0 Å². The number of ether oxygens (including phenoxy) is 1. The molecular formula is C12H10BrNO3. The van der Waals surface area contributed by atoms with Crippen LogP contribution in [0.3, 0.4) is 0 Å². The minimum Gasteiger partial charge on any atom is -0.482 e. The Balaban J connectivity index is 2.01. The van der Waals surface area contributed by atoms with Crippen molar-refractivity contribution >= 4 is 33.3 Å². The molecule has 0 spiro atoms. The molecule has 1 aromatic carbocycles. The highest BCUT2D eigenvalue weighted by atomic mass is 79.9. The van der Waals surface area contributed by atoms with Crippen molar-refractivity contribution in [1.82, 2.24) is 0 Å². The first kappa shape index (κ1) is 10.8. The van der Waals surface area contributed by atoms with Crippen molar-refractivity contribution in [3.8, 4) is 5.75 Å². The van der Waals surface area contributed by atoms with E-state index in [0.29, 0.717) is 21.5 Å². The predicted molar refractivity (Wildman–Crippen MR) is 65.3 cm³/mol. The third-order valence-electron chi connectivity index (χ3n) is 2.92. The summed E-state index contributed by atoms with van der Waals surface area (Å²) in [6, 6.07) is 3.43. The van der Waals surface area contributed by atoms with Gasteiger partial charge < -0.3 is 10.1 Å². The van der Waals surface area contributed by atoms with Crippen molar-refractivity contribution in [3.63, 3.8) is 0 Å². The van der Waals surface area contributed by atoms with Gasteiger partial charge in [-0.3, -0.25) is 9.59 Å². The summed E-state index contributed by atoms with van der Waals surface area (Å²) in [6.07, 6.45) is 1.94. The lowest BCUT2D eigenvalue weighted by molar-refractivity contribution is -0.118. The standard InChI is InChI=1S/C12H10BrNO3/c13-8-4-9-10(17-5-11(15)14-9)3-7(8)12(16)6-1-2-6/h3-4,6H,1-2,5H2,(H,14,15).